The third kappa shape index (κ3) is 8.14. The zero-order valence-corrected chi connectivity index (χ0v) is 23.7. The monoisotopic (exact) mass is 684 g/mol. The van der Waals surface area contributed by atoms with E-state index in [2.05, 4.69) is 43.4 Å². The number of halogens is 5. The van der Waals surface area contributed by atoms with Gasteiger partial charge in [-0.3, -0.25) is 4.79 Å². The summed E-state index contributed by atoms with van der Waals surface area (Å²) < 4.78 is 63.9. The molecule has 0 unspecified atom stereocenters. The number of hydrogen-bond donors (Lipinski definition) is 2. The van der Waals surface area contributed by atoms with Crippen LogP contribution in [0.15, 0.2) is 71.1 Å². The lowest BCUT2D eigenvalue weighted by Gasteiger charge is -2.13. The predicted octanol–water partition coefficient (Wildman–Crippen LogP) is 6.93. The molecule has 0 aliphatic heterocycles. The molecule has 7 nitrogen and oxygen atoms in total. The number of anilines is 2. The van der Waals surface area contributed by atoms with Gasteiger partial charge in [-0.25, -0.2) is 14.8 Å². The second-order valence-electron chi connectivity index (χ2n) is 8.27. The number of alkyl halides is 3. The number of hydrogen-bond acceptors (Lipinski definition) is 7. The molecular weight excluding hydrogens is 663 g/mol. The lowest BCUT2D eigenvalue weighted by molar-refractivity contribution is -0.137. The first kappa shape index (κ1) is 29.3. The molecule has 0 saturated carbocycles. The summed E-state index contributed by atoms with van der Waals surface area (Å²) in [5.41, 5.74) is 3.78. The summed E-state index contributed by atoms with van der Waals surface area (Å²) in [7, 11) is 1.50. The zero-order valence-electron chi connectivity index (χ0n) is 20.8. The van der Waals surface area contributed by atoms with Crippen LogP contribution >= 0.6 is 33.9 Å². The molecule has 1 amide bonds. The average molecular weight is 684 g/mol. The third-order valence-corrected chi connectivity index (χ3v) is 6.89. The molecule has 2 N–H and O–H groups in total. The van der Waals surface area contributed by atoms with Gasteiger partial charge in [0, 0.05) is 11.1 Å². The van der Waals surface area contributed by atoms with E-state index in [1.54, 1.807) is 29.6 Å². The summed E-state index contributed by atoms with van der Waals surface area (Å²) >= 11 is 3.26. The molecule has 3 aromatic carbocycles. The van der Waals surface area contributed by atoms with Crippen LogP contribution in [0.4, 0.5) is 28.4 Å². The number of methoxy groups -OCH3 is 1. The number of aromatic nitrogens is 1. The fraction of sp³-hybridized carbons (Fsp3) is 0.148. The van der Waals surface area contributed by atoms with E-state index in [9.17, 15) is 22.4 Å². The Morgan fingerprint density at radius 3 is 2.65 bits per heavy atom. The molecular formula is C27H21F4IN4O3S. The standard InChI is InChI=1S/C27H21F4IN4O3S/c1-38-23-10-17(9-22(32)25(23)39-14-16-5-7-19(28)8-6-16)13-33-36-24(37)12-21-15-40-26(35-21)34-20-4-2-3-18(11-20)27(29,30)31/h2-11,13,15H,12,14H2,1H3,(H,34,35)(H,36,37)/b33-13-. The van der Waals surface area contributed by atoms with Crippen molar-refractivity contribution in [2.45, 2.75) is 19.2 Å². The number of nitrogens with zero attached hydrogens (tertiary/aromatic N) is 2. The van der Waals surface area contributed by atoms with Crippen LogP contribution < -0.4 is 20.2 Å². The lowest BCUT2D eigenvalue weighted by Crippen LogP contribution is -2.20. The Morgan fingerprint density at radius 2 is 1.93 bits per heavy atom. The third-order valence-electron chi connectivity index (χ3n) is 5.29. The molecule has 0 aliphatic rings. The number of carbonyl (C=O) groups is 1. The second-order valence-corrected chi connectivity index (χ2v) is 10.3. The van der Waals surface area contributed by atoms with Gasteiger partial charge in [0.05, 0.1) is 34.6 Å². The number of rotatable bonds is 10. The van der Waals surface area contributed by atoms with E-state index >= 15 is 0 Å². The fourth-order valence-corrected chi connectivity index (χ4v) is 4.93. The molecule has 0 radical (unpaired) electrons. The number of benzene rings is 3. The van der Waals surface area contributed by atoms with Crippen LogP contribution in [0.2, 0.25) is 0 Å². The lowest BCUT2D eigenvalue weighted by atomic mass is 10.2. The smallest absolute Gasteiger partial charge is 0.416 e. The van der Waals surface area contributed by atoms with Crippen LogP contribution in [0.3, 0.4) is 0 Å². The van der Waals surface area contributed by atoms with Gasteiger partial charge in [0.2, 0.25) is 5.91 Å². The summed E-state index contributed by atoms with van der Waals surface area (Å²) in [5.74, 6) is 0.235. The molecule has 0 spiro atoms. The van der Waals surface area contributed by atoms with Crippen molar-refractivity contribution in [2.75, 3.05) is 12.4 Å². The van der Waals surface area contributed by atoms with Gasteiger partial charge in [-0.05, 0) is 76.2 Å². The van der Waals surface area contributed by atoms with Crippen molar-refractivity contribution >= 4 is 56.9 Å². The molecule has 0 aliphatic carbocycles. The van der Waals surface area contributed by atoms with Gasteiger partial charge in [0.15, 0.2) is 16.6 Å². The average Bonchev–Trinajstić information content (AvgIpc) is 3.34. The first-order chi connectivity index (χ1) is 19.1. The van der Waals surface area contributed by atoms with Crippen molar-refractivity contribution in [2.24, 2.45) is 5.10 Å². The summed E-state index contributed by atoms with van der Waals surface area (Å²) in [6.45, 7) is 0.226. The molecule has 13 heteroatoms. The van der Waals surface area contributed by atoms with E-state index in [1.807, 2.05) is 0 Å². The summed E-state index contributed by atoms with van der Waals surface area (Å²) in [5, 5.41) is 8.80. The SMILES string of the molecule is COc1cc(/C=N\NC(=O)Cc2csc(Nc3cccc(C(F)(F)F)c3)n2)cc(I)c1OCc1ccc(F)cc1. The van der Waals surface area contributed by atoms with Crippen molar-refractivity contribution in [1.29, 1.82) is 0 Å². The van der Waals surface area contributed by atoms with E-state index < -0.39 is 17.6 Å². The van der Waals surface area contributed by atoms with Gasteiger partial charge in [-0.15, -0.1) is 11.3 Å². The minimum absolute atomic E-state index is 0.0743. The summed E-state index contributed by atoms with van der Waals surface area (Å²) in [4.78, 5) is 16.6. The Labute approximate surface area is 244 Å². The highest BCUT2D eigenvalue weighted by molar-refractivity contribution is 14.1. The molecule has 1 aromatic heterocycles. The van der Waals surface area contributed by atoms with Crippen molar-refractivity contribution in [3.8, 4) is 11.5 Å². The molecule has 0 bridgehead atoms. The van der Waals surface area contributed by atoms with Crippen LogP contribution in [0, 0.1) is 9.39 Å². The van der Waals surface area contributed by atoms with Crippen molar-refractivity contribution in [3.05, 3.63) is 97.8 Å². The van der Waals surface area contributed by atoms with Crippen LogP contribution in [-0.2, 0) is 24.0 Å². The van der Waals surface area contributed by atoms with E-state index in [4.69, 9.17) is 9.47 Å². The first-order valence-corrected chi connectivity index (χ1v) is 13.5. The Hall–Kier alpha value is -3.72. The maximum absolute atomic E-state index is 13.1. The Balaban J connectivity index is 1.32. The predicted molar refractivity (Wildman–Crippen MR) is 153 cm³/mol. The molecule has 0 fully saturated rings. The summed E-state index contributed by atoms with van der Waals surface area (Å²) in [6.07, 6.45) is -3.07. The van der Waals surface area contributed by atoms with Crippen LogP contribution in [-0.4, -0.2) is 24.2 Å². The zero-order chi connectivity index (χ0) is 28.7. The fourth-order valence-electron chi connectivity index (χ4n) is 3.42. The molecule has 1 heterocycles. The number of nitrogens with one attached hydrogen (secondary N) is 2. The number of amides is 1. The molecule has 0 saturated heterocycles. The Bertz CT molecular complexity index is 1510. The highest BCUT2D eigenvalue weighted by Crippen LogP contribution is 2.34. The van der Waals surface area contributed by atoms with Crippen LogP contribution in [0.25, 0.3) is 0 Å². The Morgan fingerprint density at radius 1 is 1.15 bits per heavy atom. The van der Waals surface area contributed by atoms with Gasteiger partial charge in [-0.1, -0.05) is 18.2 Å². The minimum Gasteiger partial charge on any atom is -0.493 e. The molecule has 4 rings (SSSR count). The first-order valence-electron chi connectivity index (χ1n) is 11.6. The minimum atomic E-state index is -4.45. The highest BCUT2D eigenvalue weighted by Gasteiger charge is 2.30. The van der Waals surface area contributed by atoms with E-state index in [-0.39, 0.29) is 24.5 Å². The second kappa shape index (κ2) is 13.1. The van der Waals surface area contributed by atoms with Gasteiger partial charge in [0.25, 0.3) is 0 Å². The number of hydrazone groups is 1. The summed E-state index contributed by atoms with van der Waals surface area (Å²) in [6, 6.07) is 14.3. The number of ether oxygens (including phenoxy) is 2. The topological polar surface area (TPSA) is 84.8 Å². The van der Waals surface area contributed by atoms with Crippen molar-refractivity contribution in [3.63, 3.8) is 0 Å². The molecule has 40 heavy (non-hydrogen) atoms. The molecule has 4 aromatic rings. The highest BCUT2D eigenvalue weighted by atomic mass is 127. The van der Waals surface area contributed by atoms with Crippen LogP contribution in [0.1, 0.15) is 22.4 Å². The maximum atomic E-state index is 13.1. The Kier molecular flexibility index (Phi) is 9.58. The van der Waals surface area contributed by atoms with Crippen molar-refractivity contribution in [1.82, 2.24) is 10.4 Å². The van der Waals surface area contributed by atoms with Gasteiger partial charge in [-0.2, -0.15) is 18.3 Å². The number of thiazole rings is 1. The van der Waals surface area contributed by atoms with Gasteiger partial charge < -0.3 is 14.8 Å². The maximum Gasteiger partial charge on any atom is 0.416 e. The number of carbonyl (C=O) groups excluding carboxylic acids is 1. The van der Waals surface area contributed by atoms with Crippen molar-refractivity contribution < 1.29 is 31.8 Å². The quantitative estimate of drug-likeness (QED) is 0.0820. The van der Waals surface area contributed by atoms with Crippen LogP contribution in [0.5, 0.6) is 11.5 Å². The van der Waals surface area contributed by atoms with E-state index in [0.29, 0.717) is 27.9 Å². The largest absolute Gasteiger partial charge is 0.493 e. The van der Waals surface area contributed by atoms with Gasteiger partial charge in [0.1, 0.15) is 12.4 Å². The van der Waals surface area contributed by atoms with E-state index in [0.717, 1.165) is 21.3 Å². The van der Waals surface area contributed by atoms with E-state index in [1.165, 1.54) is 48.9 Å². The normalized spacial score (nSPS) is 11.4. The molecule has 0 atom stereocenters. The molecule has 208 valence electrons. The van der Waals surface area contributed by atoms with Gasteiger partial charge >= 0.3 is 6.18 Å².